The molecule has 2 aromatic carbocycles. The monoisotopic (exact) mass is 494 g/mol. The zero-order valence-corrected chi connectivity index (χ0v) is 20.9. The fourth-order valence-corrected chi connectivity index (χ4v) is 5.71. The highest BCUT2D eigenvalue weighted by Gasteiger charge is 2.22. The molecule has 8 heteroatoms. The van der Waals surface area contributed by atoms with Crippen LogP contribution in [0.25, 0.3) is 10.9 Å². The van der Waals surface area contributed by atoms with Crippen LogP contribution in [-0.4, -0.2) is 33.8 Å². The number of hydrogen-bond donors (Lipinski definition) is 1. The average Bonchev–Trinajstić information content (AvgIpc) is 3.41. The van der Waals surface area contributed by atoms with Gasteiger partial charge in [-0.05, 0) is 67.8 Å². The number of methoxy groups -OCH3 is 1. The SMILES string of the molecule is COc1ccc2c(c1)c(Cc1nnc(NC3CCCCC3)s1)c(C)n2C(=O)c1ccc(Cl)cc1. The number of ether oxygens (including phenoxy) is 1. The maximum atomic E-state index is 13.5. The van der Waals surface area contributed by atoms with Crippen LogP contribution in [-0.2, 0) is 6.42 Å². The molecule has 2 aromatic heterocycles. The Morgan fingerprint density at radius 1 is 1.15 bits per heavy atom. The van der Waals surface area contributed by atoms with Crippen molar-refractivity contribution in [1.29, 1.82) is 0 Å². The molecule has 1 saturated carbocycles. The van der Waals surface area contributed by atoms with E-state index in [1.165, 1.54) is 32.1 Å². The van der Waals surface area contributed by atoms with Crippen molar-refractivity contribution in [3.05, 3.63) is 69.3 Å². The van der Waals surface area contributed by atoms with E-state index >= 15 is 0 Å². The standard InChI is InChI=1S/C26H27ClN4O2S/c1-16-21(15-24-29-30-26(34-24)28-19-6-4-3-5-7-19)22-14-20(33-2)12-13-23(22)31(16)25(32)17-8-10-18(27)11-9-17/h8-14,19H,3-7,15H2,1-2H3,(H,28,30). The summed E-state index contributed by atoms with van der Waals surface area (Å²) in [5.74, 6) is 0.661. The maximum Gasteiger partial charge on any atom is 0.262 e. The normalized spacial score (nSPS) is 14.4. The van der Waals surface area contributed by atoms with E-state index in [4.69, 9.17) is 16.3 Å². The van der Waals surface area contributed by atoms with Crippen LogP contribution in [0, 0.1) is 6.92 Å². The van der Waals surface area contributed by atoms with Gasteiger partial charge in [0.05, 0.1) is 12.6 Å². The Balaban J connectivity index is 1.50. The van der Waals surface area contributed by atoms with E-state index in [1.54, 1.807) is 47.3 Å². The second kappa shape index (κ2) is 9.76. The molecule has 0 bridgehead atoms. The fraction of sp³-hybridized carbons (Fsp3) is 0.346. The quantitative estimate of drug-likeness (QED) is 0.332. The molecular formula is C26H27ClN4O2S. The number of carbonyl (C=O) groups is 1. The van der Waals surface area contributed by atoms with Crippen LogP contribution in [0.2, 0.25) is 5.02 Å². The van der Waals surface area contributed by atoms with Crippen LogP contribution >= 0.6 is 22.9 Å². The summed E-state index contributed by atoms with van der Waals surface area (Å²) in [5.41, 5.74) is 3.37. The lowest BCUT2D eigenvalue weighted by Gasteiger charge is -2.21. The van der Waals surface area contributed by atoms with Gasteiger partial charge in [0.2, 0.25) is 5.13 Å². The number of aromatic nitrogens is 3. The molecule has 0 atom stereocenters. The summed E-state index contributed by atoms with van der Waals surface area (Å²) in [6, 6.07) is 13.3. The number of rotatable bonds is 6. The number of anilines is 1. The maximum absolute atomic E-state index is 13.5. The van der Waals surface area contributed by atoms with Gasteiger partial charge in [-0.3, -0.25) is 9.36 Å². The lowest BCUT2D eigenvalue weighted by atomic mass is 9.96. The van der Waals surface area contributed by atoms with Crippen molar-refractivity contribution < 1.29 is 9.53 Å². The van der Waals surface area contributed by atoms with E-state index in [1.807, 2.05) is 25.1 Å². The minimum atomic E-state index is -0.0903. The predicted octanol–water partition coefficient (Wildman–Crippen LogP) is 6.49. The topological polar surface area (TPSA) is 69.0 Å². The Hall–Kier alpha value is -2.90. The van der Waals surface area contributed by atoms with Crippen molar-refractivity contribution in [2.24, 2.45) is 0 Å². The van der Waals surface area contributed by atoms with Gasteiger partial charge >= 0.3 is 0 Å². The van der Waals surface area contributed by atoms with Crippen LogP contribution in [0.1, 0.15) is 58.7 Å². The van der Waals surface area contributed by atoms with Crippen molar-refractivity contribution in [3.63, 3.8) is 0 Å². The van der Waals surface area contributed by atoms with Crippen LogP contribution in [0.4, 0.5) is 5.13 Å². The first-order valence-corrected chi connectivity index (χ1v) is 12.8. The highest BCUT2D eigenvalue weighted by molar-refractivity contribution is 7.15. The van der Waals surface area contributed by atoms with Crippen molar-refractivity contribution in [1.82, 2.24) is 14.8 Å². The molecule has 5 rings (SSSR count). The van der Waals surface area contributed by atoms with Crippen molar-refractivity contribution >= 4 is 44.9 Å². The van der Waals surface area contributed by atoms with Crippen molar-refractivity contribution in [2.45, 2.75) is 51.5 Å². The average molecular weight is 495 g/mol. The first-order chi connectivity index (χ1) is 16.5. The molecule has 34 heavy (non-hydrogen) atoms. The molecule has 0 saturated heterocycles. The number of hydrogen-bond acceptors (Lipinski definition) is 6. The van der Waals surface area contributed by atoms with Crippen LogP contribution in [0.5, 0.6) is 5.75 Å². The predicted molar refractivity (Wildman–Crippen MR) is 138 cm³/mol. The summed E-state index contributed by atoms with van der Waals surface area (Å²) < 4.78 is 7.25. The largest absolute Gasteiger partial charge is 0.497 e. The number of nitrogens with one attached hydrogen (secondary N) is 1. The Kier molecular flexibility index (Phi) is 6.57. The number of benzene rings is 2. The minimum Gasteiger partial charge on any atom is -0.497 e. The highest BCUT2D eigenvalue weighted by atomic mass is 35.5. The summed E-state index contributed by atoms with van der Waals surface area (Å²) in [6.45, 7) is 1.98. The Bertz CT molecular complexity index is 1320. The van der Waals surface area contributed by atoms with Gasteiger partial charge in [-0.1, -0.05) is 42.2 Å². The van der Waals surface area contributed by atoms with E-state index in [-0.39, 0.29) is 5.91 Å². The molecule has 6 nitrogen and oxygen atoms in total. The van der Waals surface area contributed by atoms with E-state index in [0.29, 0.717) is 23.0 Å². The molecule has 0 aliphatic heterocycles. The molecule has 0 amide bonds. The molecule has 1 aliphatic rings. The van der Waals surface area contributed by atoms with Gasteiger partial charge in [0.25, 0.3) is 5.91 Å². The van der Waals surface area contributed by atoms with E-state index in [0.717, 1.165) is 38.0 Å². The van der Waals surface area contributed by atoms with Crippen molar-refractivity contribution in [2.75, 3.05) is 12.4 Å². The Morgan fingerprint density at radius 2 is 1.91 bits per heavy atom. The van der Waals surface area contributed by atoms with Crippen LogP contribution < -0.4 is 10.1 Å². The third kappa shape index (κ3) is 4.55. The molecule has 2 heterocycles. The number of fused-ring (bicyclic) bond motifs is 1. The molecule has 1 fully saturated rings. The summed E-state index contributed by atoms with van der Waals surface area (Å²) >= 11 is 7.62. The summed E-state index contributed by atoms with van der Waals surface area (Å²) in [6.07, 6.45) is 6.83. The fourth-order valence-electron chi connectivity index (χ4n) is 4.75. The first-order valence-electron chi connectivity index (χ1n) is 11.6. The molecule has 4 aromatic rings. The van der Waals surface area contributed by atoms with Crippen LogP contribution in [0.15, 0.2) is 42.5 Å². The molecule has 1 aliphatic carbocycles. The number of halogens is 1. The second-order valence-corrected chi connectivity index (χ2v) is 10.3. The van der Waals surface area contributed by atoms with E-state index < -0.39 is 0 Å². The van der Waals surface area contributed by atoms with Gasteiger partial charge in [-0.2, -0.15) is 0 Å². The molecule has 1 N–H and O–H groups in total. The minimum absolute atomic E-state index is 0.0903. The summed E-state index contributed by atoms with van der Waals surface area (Å²) in [7, 11) is 1.65. The number of carbonyl (C=O) groups excluding carboxylic acids is 1. The Morgan fingerprint density at radius 3 is 2.65 bits per heavy atom. The smallest absolute Gasteiger partial charge is 0.262 e. The Labute approximate surface area is 207 Å². The number of nitrogens with zero attached hydrogens (tertiary/aromatic N) is 3. The zero-order chi connectivity index (χ0) is 23.7. The lowest BCUT2D eigenvalue weighted by molar-refractivity contribution is 0.0963. The molecule has 0 unspecified atom stereocenters. The van der Waals surface area contributed by atoms with Crippen LogP contribution in [0.3, 0.4) is 0 Å². The van der Waals surface area contributed by atoms with Gasteiger partial charge in [0, 0.05) is 34.1 Å². The third-order valence-electron chi connectivity index (χ3n) is 6.56. The third-order valence-corrected chi connectivity index (χ3v) is 7.67. The first kappa shape index (κ1) is 22.9. The van der Waals surface area contributed by atoms with E-state index in [9.17, 15) is 4.79 Å². The van der Waals surface area contributed by atoms with E-state index in [2.05, 4.69) is 15.5 Å². The summed E-state index contributed by atoms with van der Waals surface area (Å²) in [4.78, 5) is 13.5. The molecule has 176 valence electrons. The molecule has 0 radical (unpaired) electrons. The molecular weight excluding hydrogens is 468 g/mol. The zero-order valence-electron chi connectivity index (χ0n) is 19.3. The van der Waals surface area contributed by atoms with Gasteiger partial charge in [0.1, 0.15) is 10.8 Å². The van der Waals surface area contributed by atoms with Gasteiger partial charge in [0.15, 0.2) is 0 Å². The summed E-state index contributed by atoms with van der Waals surface area (Å²) in [5, 5.41) is 15.8. The van der Waals surface area contributed by atoms with Gasteiger partial charge in [-0.15, -0.1) is 10.2 Å². The van der Waals surface area contributed by atoms with Crippen molar-refractivity contribution in [3.8, 4) is 5.75 Å². The lowest BCUT2D eigenvalue weighted by Crippen LogP contribution is -2.21. The molecule has 0 spiro atoms. The second-order valence-electron chi connectivity index (χ2n) is 8.75. The van der Waals surface area contributed by atoms with Gasteiger partial charge < -0.3 is 10.1 Å². The highest BCUT2D eigenvalue weighted by Crippen LogP contribution is 2.33. The van der Waals surface area contributed by atoms with Gasteiger partial charge in [-0.25, -0.2) is 0 Å².